The fourth-order valence-electron chi connectivity index (χ4n) is 2.99. The second-order valence-corrected chi connectivity index (χ2v) is 4.98. The molecule has 0 N–H and O–H groups in total. The molecule has 0 nitrogen and oxygen atoms in total. The summed E-state index contributed by atoms with van der Waals surface area (Å²) >= 11 is 0. The Bertz CT molecular complexity index is 204. The highest BCUT2D eigenvalue weighted by atomic mass is 14.3. The Morgan fingerprint density at radius 3 is 1.86 bits per heavy atom. The Morgan fingerprint density at radius 2 is 1.21 bits per heavy atom. The van der Waals surface area contributed by atoms with Crippen molar-refractivity contribution in [1.29, 1.82) is 0 Å². The van der Waals surface area contributed by atoms with Crippen molar-refractivity contribution in [3.63, 3.8) is 0 Å². The topological polar surface area (TPSA) is 0 Å². The van der Waals surface area contributed by atoms with Gasteiger partial charge in [-0.25, -0.2) is 0 Å². The van der Waals surface area contributed by atoms with E-state index < -0.39 is 0 Å². The molecular formula is C14H23. The molecule has 2 aliphatic rings. The summed E-state index contributed by atoms with van der Waals surface area (Å²) in [5.74, 6) is 1.83. The maximum atomic E-state index is 2.37. The van der Waals surface area contributed by atoms with Crippen molar-refractivity contribution in [2.75, 3.05) is 0 Å². The molecule has 0 heteroatoms. The maximum absolute atomic E-state index is 2.37. The minimum Gasteiger partial charge on any atom is -0.0735 e. The van der Waals surface area contributed by atoms with E-state index in [1.165, 1.54) is 64.2 Å². The number of rotatable bonds is 1. The Balaban J connectivity index is 2.03. The Morgan fingerprint density at radius 1 is 0.643 bits per heavy atom. The molecule has 1 fully saturated rings. The van der Waals surface area contributed by atoms with Gasteiger partial charge in [0.1, 0.15) is 0 Å². The molecule has 0 aliphatic heterocycles. The SMILES string of the molecule is CC1=C([C]2CCCCCC2)CCCC1. The van der Waals surface area contributed by atoms with E-state index in [2.05, 4.69) is 6.92 Å². The lowest BCUT2D eigenvalue weighted by Crippen LogP contribution is -2.07. The normalized spacial score (nSPS) is 26.4. The van der Waals surface area contributed by atoms with E-state index in [4.69, 9.17) is 0 Å². The number of allylic oxidation sites excluding steroid dienone is 2. The van der Waals surface area contributed by atoms with E-state index in [9.17, 15) is 0 Å². The lowest BCUT2D eigenvalue weighted by Gasteiger charge is -2.24. The van der Waals surface area contributed by atoms with Crippen LogP contribution in [0.25, 0.3) is 0 Å². The van der Waals surface area contributed by atoms with Gasteiger partial charge in [-0.15, -0.1) is 0 Å². The maximum Gasteiger partial charge on any atom is 0.000813 e. The molecule has 0 atom stereocenters. The summed E-state index contributed by atoms with van der Waals surface area (Å²) in [6, 6.07) is 0. The van der Waals surface area contributed by atoms with Crippen LogP contribution in [0.5, 0.6) is 0 Å². The first-order valence-electron chi connectivity index (χ1n) is 6.41. The number of hydrogen-bond acceptors (Lipinski definition) is 0. The van der Waals surface area contributed by atoms with Gasteiger partial charge in [-0.05, 0) is 45.4 Å². The molecule has 0 unspecified atom stereocenters. The first kappa shape index (κ1) is 10.3. The van der Waals surface area contributed by atoms with Gasteiger partial charge in [-0.2, -0.15) is 0 Å². The smallest absolute Gasteiger partial charge is 0.000813 e. The highest BCUT2D eigenvalue weighted by Crippen LogP contribution is 2.38. The molecule has 0 spiro atoms. The first-order valence-corrected chi connectivity index (χ1v) is 6.41. The van der Waals surface area contributed by atoms with Crippen LogP contribution in [0.4, 0.5) is 0 Å². The van der Waals surface area contributed by atoms with Crippen LogP contribution in [-0.2, 0) is 0 Å². The zero-order chi connectivity index (χ0) is 9.80. The zero-order valence-electron chi connectivity index (χ0n) is 9.57. The van der Waals surface area contributed by atoms with Crippen molar-refractivity contribution in [3.05, 3.63) is 17.1 Å². The van der Waals surface area contributed by atoms with Crippen LogP contribution >= 0.6 is 0 Å². The first-order chi connectivity index (χ1) is 6.88. The summed E-state index contributed by atoms with van der Waals surface area (Å²) in [4.78, 5) is 0. The third-order valence-electron chi connectivity index (χ3n) is 3.88. The standard InChI is InChI=1S/C14H23/c1-12-8-6-7-11-14(12)13-9-4-2-3-5-10-13/h2-11H2,1H3. The van der Waals surface area contributed by atoms with Gasteiger partial charge in [0, 0.05) is 5.92 Å². The van der Waals surface area contributed by atoms with Gasteiger partial charge in [0.05, 0.1) is 0 Å². The predicted molar refractivity (Wildman–Crippen MR) is 62.1 cm³/mol. The van der Waals surface area contributed by atoms with Crippen LogP contribution in [0, 0.1) is 5.92 Å². The van der Waals surface area contributed by atoms with E-state index >= 15 is 0 Å². The molecule has 0 aromatic carbocycles. The van der Waals surface area contributed by atoms with Crippen molar-refractivity contribution < 1.29 is 0 Å². The molecule has 1 saturated carbocycles. The van der Waals surface area contributed by atoms with E-state index in [1.807, 2.05) is 5.92 Å². The van der Waals surface area contributed by atoms with Gasteiger partial charge in [0.15, 0.2) is 0 Å². The third kappa shape index (κ3) is 2.40. The molecule has 14 heavy (non-hydrogen) atoms. The second-order valence-electron chi connectivity index (χ2n) is 4.98. The Labute approximate surface area is 88.8 Å². The molecule has 79 valence electrons. The van der Waals surface area contributed by atoms with Gasteiger partial charge in [0.25, 0.3) is 0 Å². The average molecular weight is 191 g/mol. The van der Waals surface area contributed by atoms with E-state index in [1.54, 1.807) is 11.1 Å². The van der Waals surface area contributed by atoms with Crippen LogP contribution in [0.15, 0.2) is 11.1 Å². The van der Waals surface area contributed by atoms with Gasteiger partial charge in [0.2, 0.25) is 0 Å². The molecule has 0 aromatic heterocycles. The minimum atomic E-state index is 1.37. The van der Waals surface area contributed by atoms with Crippen LogP contribution in [0.2, 0.25) is 0 Å². The van der Waals surface area contributed by atoms with E-state index in [0.717, 1.165) is 0 Å². The largest absolute Gasteiger partial charge is 0.0735 e. The van der Waals surface area contributed by atoms with Crippen molar-refractivity contribution in [1.82, 2.24) is 0 Å². The summed E-state index contributed by atoms with van der Waals surface area (Å²) in [5.41, 5.74) is 3.51. The van der Waals surface area contributed by atoms with Crippen molar-refractivity contribution in [2.24, 2.45) is 0 Å². The van der Waals surface area contributed by atoms with Gasteiger partial charge in [-0.1, -0.05) is 36.8 Å². The Kier molecular flexibility index (Phi) is 3.67. The molecule has 0 aromatic rings. The molecule has 2 aliphatic carbocycles. The quantitative estimate of drug-likeness (QED) is 0.522. The van der Waals surface area contributed by atoms with Crippen LogP contribution in [0.1, 0.15) is 71.1 Å². The molecule has 1 radical (unpaired) electrons. The average Bonchev–Trinajstić information content (AvgIpc) is 2.47. The fraction of sp³-hybridized carbons (Fsp3) is 0.786. The van der Waals surface area contributed by atoms with Crippen LogP contribution in [-0.4, -0.2) is 0 Å². The fourth-order valence-corrected chi connectivity index (χ4v) is 2.99. The van der Waals surface area contributed by atoms with Crippen LogP contribution in [0.3, 0.4) is 0 Å². The molecule has 0 heterocycles. The zero-order valence-corrected chi connectivity index (χ0v) is 9.57. The van der Waals surface area contributed by atoms with E-state index in [0.29, 0.717) is 0 Å². The lowest BCUT2D eigenvalue weighted by atomic mass is 9.81. The molecule has 0 amide bonds. The highest BCUT2D eigenvalue weighted by Gasteiger charge is 2.20. The van der Waals surface area contributed by atoms with E-state index in [-0.39, 0.29) is 0 Å². The second kappa shape index (κ2) is 5.00. The van der Waals surface area contributed by atoms with Crippen LogP contribution < -0.4 is 0 Å². The third-order valence-corrected chi connectivity index (χ3v) is 3.88. The summed E-state index contributed by atoms with van der Waals surface area (Å²) in [7, 11) is 0. The molecule has 0 bridgehead atoms. The molecule has 2 rings (SSSR count). The lowest BCUT2D eigenvalue weighted by molar-refractivity contribution is 0.630. The summed E-state index contributed by atoms with van der Waals surface area (Å²) in [5, 5.41) is 0. The molecule has 0 saturated heterocycles. The Hall–Kier alpha value is -0.260. The minimum absolute atomic E-state index is 1.37. The van der Waals surface area contributed by atoms with Crippen molar-refractivity contribution in [2.45, 2.75) is 71.1 Å². The predicted octanol–water partition coefficient (Wildman–Crippen LogP) is 4.81. The van der Waals surface area contributed by atoms with Gasteiger partial charge < -0.3 is 0 Å². The highest BCUT2D eigenvalue weighted by molar-refractivity contribution is 5.30. The summed E-state index contributed by atoms with van der Waals surface area (Å²) in [6.07, 6.45) is 14.3. The van der Waals surface area contributed by atoms with Crippen molar-refractivity contribution >= 4 is 0 Å². The monoisotopic (exact) mass is 191 g/mol. The van der Waals surface area contributed by atoms with Crippen molar-refractivity contribution in [3.8, 4) is 0 Å². The summed E-state index contributed by atoms with van der Waals surface area (Å²) in [6.45, 7) is 2.37. The van der Waals surface area contributed by atoms with Gasteiger partial charge >= 0.3 is 0 Å². The molecular weight excluding hydrogens is 168 g/mol. The van der Waals surface area contributed by atoms with Gasteiger partial charge in [-0.3, -0.25) is 0 Å². The summed E-state index contributed by atoms with van der Waals surface area (Å²) < 4.78 is 0. The number of hydrogen-bond donors (Lipinski definition) is 0.